The molecule has 21 heavy (non-hydrogen) atoms. The number of amides is 1. The highest BCUT2D eigenvalue weighted by atomic mass is 16.6. The zero-order valence-corrected chi connectivity index (χ0v) is 12.4. The van der Waals surface area contributed by atoms with E-state index in [9.17, 15) is 4.79 Å². The summed E-state index contributed by atoms with van der Waals surface area (Å²) in [6.07, 6.45) is 0.671. The summed E-state index contributed by atoms with van der Waals surface area (Å²) < 4.78 is 5.18. The predicted octanol–water partition coefficient (Wildman–Crippen LogP) is 2.27. The Morgan fingerprint density at radius 1 is 1.57 bits per heavy atom. The van der Waals surface area contributed by atoms with Crippen molar-refractivity contribution in [1.82, 2.24) is 5.32 Å². The van der Waals surface area contributed by atoms with Gasteiger partial charge < -0.3 is 14.9 Å². The van der Waals surface area contributed by atoms with Crippen LogP contribution in [0.4, 0.5) is 0 Å². The maximum Gasteiger partial charge on any atom is 0.264 e. The Morgan fingerprint density at radius 2 is 2.38 bits per heavy atom. The Hall–Kier alpha value is -2.30. The second-order valence-electron chi connectivity index (χ2n) is 5.07. The smallest absolute Gasteiger partial charge is 0.264 e. The molecular formula is C16H20N2O3. The third-order valence-corrected chi connectivity index (χ3v) is 3.22. The average Bonchev–Trinajstić information content (AvgIpc) is 2.97. The number of methoxy groups -OCH3 is 1. The lowest BCUT2D eigenvalue weighted by Crippen LogP contribution is -2.35. The molecule has 0 saturated heterocycles. The number of rotatable bonds is 6. The normalized spacial score (nSPS) is 16.9. The highest BCUT2D eigenvalue weighted by Gasteiger charge is 2.28. The van der Waals surface area contributed by atoms with Crippen LogP contribution in [0.2, 0.25) is 0 Å². The maximum absolute atomic E-state index is 12.0. The van der Waals surface area contributed by atoms with E-state index in [4.69, 9.17) is 9.57 Å². The minimum Gasteiger partial charge on any atom is -0.497 e. The van der Waals surface area contributed by atoms with Crippen LogP contribution >= 0.6 is 0 Å². The number of benzene rings is 1. The van der Waals surface area contributed by atoms with Crippen LogP contribution in [0.3, 0.4) is 0 Å². The van der Waals surface area contributed by atoms with Crippen molar-refractivity contribution in [2.45, 2.75) is 25.9 Å². The van der Waals surface area contributed by atoms with Gasteiger partial charge in [-0.15, -0.1) is 6.58 Å². The molecule has 5 nitrogen and oxygen atoms in total. The number of nitrogens with zero attached hydrogens (tertiary/aromatic N) is 1. The molecule has 0 saturated carbocycles. The molecule has 0 fully saturated rings. The molecule has 1 N–H and O–H groups in total. The summed E-state index contributed by atoms with van der Waals surface area (Å²) >= 11 is 0. The second-order valence-corrected chi connectivity index (χ2v) is 5.07. The first-order valence-corrected chi connectivity index (χ1v) is 6.89. The van der Waals surface area contributed by atoms with E-state index >= 15 is 0 Å². The summed E-state index contributed by atoms with van der Waals surface area (Å²) in [5.41, 5.74) is 2.71. The van der Waals surface area contributed by atoms with Gasteiger partial charge in [-0.25, -0.2) is 0 Å². The fourth-order valence-corrected chi connectivity index (χ4v) is 2.00. The lowest BCUT2D eigenvalue weighted by Gasteiger charge is -2.09. The molecule has 5 heteroatoms. The van der Waals surface area contributed by atoms with Crippen molar-refractivity contribution in [2.75, 3.05) is 13.7 Å². The van der Waals surface area contributed by atoms with E-state index < -0.39 is 6.10 Å². The zero-order chi connectivity index (χ0) is 15.2. The summed E-state index contributed by atoms with van der Waals surface area (Å²) in [4.78, 5) is 17.2. The van der Waals surface area contributed by atoms with Crippen molar-refractivity contribution in [3.63, 3.8) is 0 Å². The van der Waals surface area contributed by atoms with Crippen molar-refractivity contribution in [2.24, 2.45) is 5.16 Å². The largest absolute Gasteiger partial charge is 0.497 e. The quantitative estimate of drug-likeness (QED) is 0.817. The zero-order valence-electron chi connectivity index (χ0n) is 12.4. The van der Waals surface area contributed by atoms with Crippen LogP contribution in [0.15, 0.2) is 41.6 Å². The Balaban J connectivity index is 1.90. The number of oxime groups is 1. The lowest BCUT2D eigenvalue weighted by atomic mass is 10.0. The molecule has 0 spiro atoms. The Bertz CT molecular complexity index is 566. The standard InChI is InChI=1S/C16H20N2O3/c1-11(2)7-8-17-16(19)15-10-14(18-21-15)12-5-4-6-13(9-12)20-3/h4-6,9,15H,1,7-8,10H2,2-3H3,(H,17,19). The summed E-state index contributed by atoms with van der Waals surface area (Å²) in [6.45, 7) is 6.31. The molecule has 0 radical (unpaired) electrons. The SMILES string of the molecule is C=C(C)CCNC(=O)C1CC(c2cccc(OC)c2)=NO1. The second kappa shape index (κ2) is 6.92. The predicted molar refractivity (Wildman–Crippen MR) is 81.5 cm³/mol. The van der Waals surface area contributed by atoms with Crippen molar-refractivity contribution in [3.8, 4) is 5.75 Å². The molecule has 1 aliphatic rings. The third-order valence-electron chi connectivity index (χ3n) is 3.22. The molecular weight excluding hydrogens is 268 g/mol. The van der Waals surface area contributed by atoms with Crippen molar-refractivity contribution < 1.29 is 14.4 Å². The number of nitrogens with one attached hydrogen (secondary N) is 1. The van der Waals surface area contributed by atoms with E-state index in [1.807, 2.05) is 31.2 Å². The molecule has 1 atom stereocenters. The van der Waals surface area contributed by atoms with Crippen molar-refractivity contribution in [3.05, 3.63) is 42.0 Å². The van der Waals surface area contributed by atoms with E-state index in [0.29, 0.717) is 13.0 Å². The lowest BCUT2D eigenvalue weighted by molar-refractivity contribution is -0.131. The summed E-state index contributed by atoms with van der Waals surface area (Å²) in [6, 6.07) is 7.55. The van der Waals surface area contributed by atoms with Gasteiger partial charge in [-0.3, -0.25) is 4.79 Å². The van der Waals surface area contributed by atoms with Gasteiger partial charge in [-0.1, -0.05) is 22.9 Å². The molecule has 1 aliphatic heterocycles. The van der Waals surface area contributed by atoms with Crippen LogP contribution in [0.5, 0.6) is 5.75 Å². The fraction of sp³-hybridized carbons (Fsp3) is 0.375. The molecule has 1 unspecified atom stereocenters. The summed E-state index contributed by atoms with van der Waals surface area (Å²) in [5.74, 6) is 0.613. The van der Waals surface area contributed by atoms with Crippen LogP contribution < -0.4 is 10.1 Å². The molecule has 0 aliphatic carbocycles. The topological polar surface area (TPSA) is 59.9 Å². The van der Waals surface area contributed by atoms with Gasteiger partial charge in [0.1, 0.15) is 5.75 Å². The monoisotopic (exact) mass is 288 g/mol. The highest BCUT2D eigenvalue weighted by molar-refractivity contribution is 6.04. The van der Waals surface area contributed by atoms with E-state index in [1.165, 1.54) is 0 Å². The molecule has 1 aromatic carbocycles. The maximum atomic E-state index is 12.0. The molecule has 0 bridgehead atoms. The first-order valence-electron chi connectivity index (χ1n) is 6.89. The van der Waals surface area contributed by atoms with E-state index in [2.05, 4.69) is 17.1 Å². The van der Waals surface area contributed by atoms with Crippen LogP contribution in [0, 0.1) is 0 Å². The third kappa shape index (κ3) is 4.08. The minimum atomic E-state index is -0.559. The van der Waals surface area contributed by atoms with E-state index in [-0.39, 0.29) is 5.91 Å². The minimum absolute atomic E-state index is 0.141. The van der Waals surface area contributed by atoms with Crippen LogP contribution in [0.25, 0.3) is 0 Å². The molecule has 0 aromatic heterocycles. The molecule has 112 valence electrons. The highest BCUT2D eigenvalue weighted by Crippen LogP contribution is 2.20. The summed E-state index contributed by atoms with van der Waals surface area (Å²) in [7, 11) is 1.61. The van der Waals surface area contributed by atoms with E-state index in [1.54, 1.807) is 7.11 Å². The van der Waals surface area contributed by atoms with Gasteiger partial charge in [0.15, 0.2) is 0 Å². The number of hydrogen-bond donors (Lipinski definition) is 1. The van der Waals surface area contributed by atoms with Gasteiger partial charge in [-0.2, -0.15) is 0 Å². The molecule has 1 amide bonds. The Labute approximate surface area is 124 Å². The van der Waals surface area contributed by atoms with E-state index in [0.717, 1.165) is 29.0 Å². The van der Waals surface area contributed by atoms with Crippen molar-refractivity contribution >= 4 is 11.6 Å². The van der Waals surface area contributed by atoms with Crippen molar-refractivity contribution in [1.29, 1.82) is 0 Å². The average molecular weight is 288 g/mol. The number of carbonyl (C=O) groups is 1. The Morgan fingerprint density at radius 3 is 3.10 bits per heavy atom. The fourth-order valence-electron chi connectivity index (χ4n) is 2.00. The summed E-state index contributed by atoms with van der Waals surface area (Å²) in [5, 5.41) is 6.84. The van der Waals surface area contributed by atoms with Crippen LogP contribution in [-0.4, -0.2) is 31.4 Å². The van der Waals surface area contributed by atoms with Gasteiger partial charge >= 0.3 is 0 Å². The van der Waals surface area contributed by atoms with Gasteiger partial charge in [0.2, 0.25) is 6.10 Å². The first-order chi connectivity index (χ1) is 10.1. The number of hydrogen-bond acceptors (Lipinski definition) is 4. The molecule has 1 heterocycles. The number of ether oxygens (including phenoxy) is 1. The Kier molecular flexibility index (Phi) is 4.98. The van der Waals surface area contributed by atoms with Gasteiger partial charge in [0.25, 0.3) is 5.91 Å². The molecule has 2 rings (SSSR count). The van der Waals surface area contributed by atoms with Crippen LogP contribution in [0.1, 0.15) is 25.3 Å². The first kappa shape index (κ1) is 15.1. The number of carbonyl (C=O) groups excluding carboxylic acids is 1. The van der Waals surface area contributed by atoms with Gasteiger partial charge in [0.05, 0.1) is 12.8 Å². The van der Waals surface area contributed by atoms with Gasteiger partial charge in [-0.05, 0) is 25.5 Å². The van der Waals surface area contributed by atoms with Gasteiger partial charge in [0, 0.05) is 18.5 Å². The molecule has 1 aromatic rings. The van der Waals surface area contributed by atoms with Crippen LogP contribution in [-0.2, 0) is 9.63 Å².